The second-order valence-corrected chi connectivity index (χ2v) is 16.3. The van der Waals surface area contributed by atoms with Gasteiger partial charge >= 0.3 is 11.4 Å². The third-order valence-corrected chi connectivity index (χ3v) is 11.4. The van der Waals surface area contributed by atoms with Crippen LogP contribution in [0.3, 0.4) is 0 Å². The van der Waals surface area contributed by atoms with Crippen molar-refractivity contribution in [2.45, 2.75) is 63.4 Å². The number of sulfone groups is 2. The van der Waals surface area contributed by atoms with Crippen molar-refractivity contribution in [3.63, 3.8) is 0 Å². The largest absolute Gasteiger partial charge is 0.364 e. The molecule has 2 aromatic rings. The highest BCUT2D eigenvalue weighted by Gasteiger charge is 2.40. The van der Waals surface area contributed by atoms with Gasteiger partial charge < -0.3 is 11.1 Å². The number of benzene rings is 2. The summed E-state index contributed by atoms with van der Waals surface area (Å²) >= 11 is 0. The molecule has 4 rings (SSSR count). The van der Waals surface area contributed by atoms with Crippen molar-refractivity contribution >= 4 is 53.6 Å². The molecule has 2 aromatic carbocycles. The molecule has 216 valence electrons. The van der Waals surface area contributed by atoms with Gasteiger partial charge in [-0.05, 0) is 53.7 Å². The third-order valence-electron chi connectivity index (χ3n) is 6.30. The van der Waals surface area contributed by atoms with E-state index < -0.39 is 40.7 Å². The number of nitrogens with zero attached hydrogens (tertiary/aromatic N) is 4. The molecule has 0 bridgehead atoms. The Labute approximate surface area is 240 Å². The maximum absolute atomic E-state index is 12.6. The van der Waals surface area contributed by atoms with Gasteiger partial charge in [0.1, 0.15) is 0 Å². The molecule has 0 unspecified atom stereocenters. The highest BCUT2D eigenvalue weighted by molar-refractivity contribution is 8.01. The van der Waals surface area contributed by atoms with Gasteiger partial charge in [-0.25, -0.2) is 16.8 Å². The van der Waals surface area contributed by atoms with Gasteiger partial charge in [-0.1, -0.05) is 43.8 Å². The third kappa shape index (κ3) is 5.87. The number of carbonyl (C=O) groups excluding carboxylic acids is 2. The van der Waals surface area contributed by atoms with Crippen molar-refractivity contribution in [1.29, 1.82) is 0 Å². The molecule has 2 aliphatic rings. The van der Waals surface area contributed by atoms with Gasteiger partial charge in [0.05, 0.1) is 25.4 Å². The van der Waals surface area contributed by atoms with Crippen LogP contribution in [0, 0.1) is 0 Å². The lowest BCUT2D eigenvalue weighted by Crippen LogP contribution is -2.32. The van der Waals surface area contributed by atoms with Crippen LogP contribution in [0.5, 0.6) is 0 Å². The summed E-state index contributed by atoms with van der Waals surface area (Å²) in [6, 6.07) is 10.9. The molecule has 10 nitrogen and oxygen atoms in total. The molecule has 0 N–H and O–H groups in total. The van der Waals surface area contributed by atoms with Crippen LogP contribution < -0.4 is 0 Å². The Morgan fingerprint density at radius 3 is 1.63 bits per heavy atom. The Bertz CT molecular complexity index is 1830. The Hall–Kier alpha value is -4.08. The highest BCUT2D eigenvalue weighted by atomic mass is 32.2. The number of allylic oxidation sites excluding steroid dienone is 2. The summed E-state index contributed by atoms with van der Waals surface area (Å²) in [5.74, 6) is -0.980. The van der Waals surface area contributed by atoms with E-state index >= 15 is 0 Å². The van der Waals surface area contributed by atoms with E-state index in [4.69, 9.17) is 11.1 Å². The topological polar surface area (TPSA) is 175 Å². The van der Waals surface area contributed by atoms with E-state index in [1.807, 2.05) is 0 Å². The minimum absolute atomic E-state index is 0. The average Bonchev–Trinajstić information content (AvgIpc) is 2.88. The lowest BCUT2D eigenvalue weighted by Gasteiger charge is -2.23. The van der Waals surface area contributed by atoms with Crippen molar-refractivity contribution in [2.75, 3.05) is 0 Å². The zero-order chi connectivity index (χ0) is 30.3. The van der Waals surface area contributed by atoms with Crippen LogP contribution in [0.15, 0.2) is 59.5 Å². The Kier molecular flexibility index (Phi) is 9.23. The fraction of sp³-hybridized carbons (Fsp3) is 0.310. The fourth-order valence-electron chi connectivity index (χ4n) is 3.86. The van der Waals surface area contributed by atoms with Gasteiger partial charge in [0, 0.05) is 28.3 Å². The number of hydrogen-bond donors (Lipinski definition) is 0. The van der Waals surface area contributed by atoms with E-state index in [9.17, 15) is 26.4 Å². The number of hydrogen-bond acceptors (Lipinski definition) is 6. The summed E-state index contributed by atoms with van der Waals surface area (Å²) in [5, 5.41) is 0. The summed E-state index contributed by atoms with van der Waals surface area (Å²) in [6.45, 7) is 9.57. The molecule has 0 radical (unpaired) electrons. The molecule has 0 fully saturated rings. The van der Waals surface area contributed by atoms with Crippen LogP contribution >= 0.6 is 0 Å². The molecule has 41 heavy (non-hydrogen) atoms. The normalized spacial score (nSPS) is 14.8. The number of fused-ring (bicyclic) bond motifs is 2. The molecule has 0 spiro atoms. The van der Waals surface area contributed by atoms with Gasteiger partial charge in [0.25, 0.3) is 11.6 Å². The predicted octanol–water partition coefficient (Wildman–Crippen LogP) is 4.88. The molecule has 2 aliphatic carbocycles. The molecular formula is C29H32N4O6S2. The fourth-order valence-corrected chi connectivity index (χ4v) is 6.64. The Morgan fingerprint density at radius 2 is 1.12 bits per heavy atom. The van der Waals surface area contributed by atoms with E-state index in [1.54, 1.807) is 59.7 Å². The molecular weight excluding hydrogens is 564 g/mol. The maximum atomic E-state index is 12.6. The zero-order valence-corrected chi connectivity index (χ0v) is 24.5. The van der Waals surface area contributed by atoms with E-state index in [0.29, 0.717) is 11.1 Å². The molecule has 0 atom stereocenters. The highest BCUT2D eigenvalue weighted by Crippen LogP contribution is 2.35. The van der Waals surface area contributed by atoms with Gasteiger partial charge in [-0.2, -0.15) is 9.58 Å². The molecule has 0 heterocycles. The molecule has 0 saturated heterocycles. The number of carbonyl (C=O) groups is 2. The van der Waals surface area contributed by atoms with Crippen molar-refractivity contribution in [3.8, 4) is 0 Å². The first kappa shape index (κ1) is 33.1. The monoisotopic (exact) mass is 596 g/mol. The zero-order valence-electron chi connectivity index (χ0n) is 22.8. The summed E-state index contributed by atoms with van der Waals surface area (Å²) in [4.78, 5) is 30.0. The summed E-state index contributed by atoms with van der Waals surface area (Å²) in [5.41, 5.74) is 18.4. The van der Waals surface area contributed by atoms with Gasteiger partial charge in [-0.15, -0.1) is 0 Å². The van der Waals surface area contributed by atoms with Crippen LogP contribution in [0.1, 0.15) is 80.8 Å². The quantitative estimate of drug-likeness (QED) is 0.352. The molecule has 0 saturated carbocycles. The summed E-state index contributed by atoms with van der Waals surface area (Å²) < 4.78 is 48.4. The molecule has 0 amide bonds. The first-order valence-electron chi connectivity index (χ1n) is 12.0. The Balaban J connectivity index is 0.000000280. The standard InChI is InChI=1S/2C14H14N2O3S.CH4/c1-14(2,3)20(18,19)12-6-4-5-10-9(12)7-8-11(16-15)13(10)17;1-14(2,3)20(18,19)12-8-11(16-15)13(17)10-7-5-4-6-9(10)12;/h2*4-8H,1-3H3;1H4. The second-order valence-electron chi connectivity index (χ2n) is 11.0. The smallest absolute Gasteiger partial charge is 0.361 e. The van der Waals surface area contributed by atoms with Gasteiger partial charge in [0.15, 0.2) is 19.7 Å². The van der Waals surface area contributed by atoms with E-state index in [0.717, 1.165) is 6.08 Å². The Morgan fingerprint density at radius 1 is 0.634 bits per heavy atom. The van der Waals surface area contributed by atoms with E-state index in [2.05, 4.69) is 9.58 Å². The number of Topliss-reactive ketones (excluding diaryl/α,β-unsaturated/α-hetero) is 2. The van der Waals surface area contributed by atoms with Crippen LogP contribution in [-0.4, -0.2) is 58.9 Å². The van der Waals surface area contributed by atoms with E-state index in [1.165, 1.54) is 36.4 Å². The van der Waals surface area contributed by atoms with Gasteiger partial charge in [-0.3, -0.25) is 9.59 Å². The number of rotatable bonds is 2. The summed E-state index contributed by atoms with van der Waals surface area (Å²) in [6.07, 6.45) is 3.93. The average molecular weight is 597 g/mol. The first-order valence-corrected chi connectivity index (χ1v) is 15.0. The summed E-state index contributed by atoms with van der Waals surface area (Å²) in [7, 11) is -7.23. The lowest BCUT2D eigenvalue weighted by molar-refractivity contribution is -0.00459. The van der Waals surface area contributed by atoms with Gasteiger partial charge in [0.2, 0.25) is 0 Å². The molecule has 0 aliphatic heterocycles. The van der Waals surface area contributed by atoms with Crippen LogP contribution in [0.4, 0.5) is 0 Å². The minimum Gasteiger partial charge on any atom is -0.361 e. The predicted molar refractivity (Wildman–Crippen MR) is 158 cm³/mol. The number of ketones is 2. The maximum Gasteiger partial charge on any atom is 0.364 e. The SMILES string of the molecule is C.CC(C)(C)S(=O)(=O)C1=CC(=[N+]=[N-])C(=O)c2ccccc21.CC(C)(C)S(=O)(=O)c1cccc2c1C=CC(=[N+]=[N-])C2=O. The van der Waals surface area contributed by atoms with Crippen molar-refractivity contribution in [2.24, 2.45) is 0 Å². The van der Waals surface area contributed by atoms with Crippen LogP contribution in [0.2, 0.25) is 0 Å². The lowest BCUT2D eigenvalue weighted by atomic mass is 9.95. The molecule has 0 aromatic heterocycles. The van der Waals surface area contributed by atoms with Crippen molar-refractivity contribution in [3.05, 3.63) is 87.9 Å². The van der Waals surface area contributed by atoms with E-state index in [-0.39, 0.29) is 39.8 Å². The van der Waals surface area contributed by atoms with Crippen molar-refractivity contribution in [1.82, 2.24) is 0 Å². The molecule has 12 heteroatoms. The van der Waals surface area contributed by atoms with Crippen LogP contribution in [0.25, 0.3) is 22.0 Å². The second kappa shape index (κ2) is 11.4. The minimum atomic E-state index is -3.66. The van der Waals surface area contributed by atoms with Crippen molar-refractivity contribution < 1.29 is 36.0 Å². The van der Waals surface area contributed by atoms with Crippen LogP contribution in [-0.2, 0) is 19.7 Å². The first-order chi connectivity index (χ1) is 18.4.